The first kappa shape index (κ1) is 9.92. The Morgan fingerprint density at radius 2 is 2.00 bits per heavy atom. The van der Waals surface area contributed by atoms with Crippen LogP contribution in [0.3, 0.4) is 0 Å². The minimum atomic E-state index is -0.646. The van der Waals surface area contributed by atoms with E-state index in [4.69, 9.17) is 0 Å². The van der Waals surface area contributed by atoms with E-state index in [9.17, 15) is 5.11 Å². The molecule has 2 rings (SSSR count). The second-order valence-corrected chi connectivity index (χ2v) is 3.69. The molecule has 0 aliphatic heterocycles. The van der Waals surface area contributed by atoms with Gasteiger partial charge in [-0.3, -0.25) is 9.36 Å². The maximum atomic E-state index is 10.1. The number of aliphatic hydroxyl groups excluding tert-OH is 1. The summed E-state index contributed by atoms with van der Waals surface area (Å²) in [5, 5.41) is 18.3. The Morgan fingerprint density at radius 3 is 2.47 bits per heavy atom. The van der Waals surface area contributed by atoms with Crippen LogP contribution in [0.1, 0.15) is 22.9 Å². The van der Waals surface area contributed by atoms with Crippen LogP contribution in [0.25, 0.3) is 0 Å². The van der Waals surface area contributed by atoms with Gasteiger partial charge >= 0.3 is 0 Å². The lowest BCUT2D eigenvalue weighted by Crippen LogP contribution is -1.98. The third-order valence-corrected chi connectivity index (χ3v) is 2.39. The van der Waals surface area contributed by atoms with Crippen molar-refractivity contribution < 1.29 is 5.11 Å². The highest BCUT2D eigenvalue weighted by molar-refractivity contribution is 5.27. The SMILES string of the molecule is Cc1nn(C)cc1C(O)c1cnn(C)c1. The van der Waals surface area contributed by atoms with Crippen molar-refractivity contribution in [2.45, 2.75) is 13.0 Å². The number of aliphatic hydroxyl groups is 1. The Labute approximate surface area is 88.0 Å². The highest BCUT2D eigenvalue weighted by Gasteiger charge is 2.16. The Hall–Kier alpha value is -1.62. The van der Waals surface area contributed by atoms with Crippen molar-refractivity contribution in [1.29, 1.82) is 0 Å². The number of rotatable bonds is 2. The molecule has 0 spiro atoms. The fourth-order valence-corrected chi connectivity index (χ4v) is 1.65. The largest absolute Gasteiger partial charge is 0.383 e. The number of nitrogens with zero attached hydrogens (tertiary/aromatic N) is 4. The molecule has 5 nitrogen and oxygen atoms in total. The van der Waals surface area contributed by atoms with Gasteiger partial charge in [-0.1, -0.05) is 0 Å². The first-order valence-corrected chi connectivity index (χ1v) is 4.74. The first-order valence-electron chi connectivity index (χ1n) is 4.74. The zero-order valence-electron chi connectivity index (χ0n) is 9.05. The Balaban J connectivity index is 2.35. The topological polar surface area (TPSA) is 55.9 Å². The number of hydrogen-bond donors (Lipinski definition) is 1. The summed E-state index contributed by atoms with van der Waals surface area (Å²) in [7, 11) is 3.67. The molecule has 1 atom stereocenters. The predicted octanol–water partition coefficient (Wildman–Crippen LogP) is 0.544. The first-order chi connectivity index (χ1) is 7.08. The van der Waals surface area contributed by atoms with Gasteiger partial charge in [0.15, 0.2) is 0 Å². The van der Waals surface area contributed by atoms with Crippen LogP contribution in [-0.4, -0.2) is 24.7 Å². The molecule has 1 N–H and O–H groups in total. The summed E-state index contributed by atoms with van der Waals surface area (Å²) in [6, 6.07) is 0. The molecule has 0 aromatic carbocycles. The highest BCUT2D eigenvalue weighted by Crippen LogP contribution is 2.23. The van der Waals surface area contributed by atoms with Gasteiger partial charge in [-0.05, 0) is 6.92 Å². The van der Waals surface area contributed by atoms with Crippen LogP contribution in [0.5, 0.6) is 0 Å². The van der Waals surface area contributed by atoms with Gasteiger partial charge in [0.2, 0.25) is 0 Å². The quantitative estimate of drug-likeness (QED) is 0.780. The highest BCUT2D eigenvalue weighted by atomic mass is 16.3. The lowest BCUT2D eigenvalue weighted by atomic mass is 10.1. The van der Waals surface area contributed by atoms with Gasteiger partial charge in [0.1, 0.15) is 6.10 Å². The second-order valence-electron chi connectivity index (χ2n) is 3.69. The van der Waals surface area contributed by atoms with Gasteiger partial charge in [-0.15, -0.1) is 0 Å². The molecule has 0 aliphatic rings. The molecule has 0 fully saturated rings. The summed E-state index contributed by atoms with van der Waals surface area (Å²) >= 11 is 0. The molecule has 0 radical (unpaired) electrons. The van der Waals surface area contributed by atoms with Gasteiger partial charge in [0.05, 0.1) is 11.9 Å². The van der Waals surface area contributed by atoms with Crippen LogP contribution in [0.4, 0.5) is 0 Å². The van der Waals surface area contributed by atoms with Gasteiger partial charge < -0.3 is 5.11 Å². The van der Waals surface area contributed by atoms with Crippen LogP contribution in [0.2, 0.25) is 0 Å². The Morgan fingerprint density at radius 1 is 1.27 bits per heavy atom. The molecular formula is C10H14N4O. The van der Waals surface area contributed by atoms with Crippen molar-refractivity contribution in [3.05, 3.63) is 35.4 Å². The summed E-state index contributed by atoms with van der Waals surface area (Å²) in [5.41, 5.74) is 2.45. The summed E-state index contributed by atoms with van der Waals surface area (Å²) < 4.78 is 3.37. The van der Waals surface area contributed by atoms with Gasteiger partial charge in [0, 0.05) is 37.6 Å². The van der Waals surface area contributed by atoms with Crippen molar-refractivity contribution in [3.63, 3.8) is 0 Å². The van der Waals surface area contributed by atoms with E-state index in [0.717, 1.165) is 16.8 Å². The summed E-state index contributed by atoms with van der Waals surface area (Å²) in [4.78, 5) is 0. The van der Waals surface area contributed by atoms with Crippen molar-refractivity contribution in [2.75, 3.05) is 0 Å². The van der Waals surface area contributed by atoms with Crippen LogP contribution >= 0.6 is 0 Å². The fourth-order valence-electron chi connectivity index (χ4n) is 1.65. The third kappa shape index (κ3) is 1.78. The van der Waals surface area contributed by atoms with E-state index in [0.29, 0.717) is 0 Å². The molecule has 2 aromatic heterocycles. The molecule has 0 amide bonds. The van der Waals surface area contributed by atoms with Crippen LogP contribution in [0, 0.1) is 6.92 Å². The van der Waals surface area contributed by atoms with Crippen molar-refractivity contribution >= 4 is 0 Å². The molecule has 5 heteroatoms. The predicted molar refractivity (Wildman–Crippen MR) is 55.2 cm³/mol. The van der Waals surface area contributed by atoms with Crippen molar-refractivity contribution in [1.82, 2.24) is 19.6 Å². The van der Waals surface area contributed by atoms with Crippen molar-refractivity contribution in [2.24, 2.45) is 14.1 Å². The van der Waals surface area contributed by atoms with Gasteiger partial charge in [0.25, 0.3) is 0 Å². The smallest absolute Gasteiger partial charge is 0.110 e. The number of hydrogen-bond acceptors (Lipinski definition) is 3. The number of aryl methyl sites for hydroxylation is 3. The number of aromatic nitrogens is 4. The van der Waals surface area contributed by atoms with Crippen LogP contribution in [0.15, 0.2) is 18.6 Å². The van der Waals surface area contributed by atoms with E-state index >= 15 is 0 Å². The molecule has 2 aromatic rings. The molecule has 15 heavy (non-hydrogen) atoms. The minimum absolute atomic E-state index is 0.646. The Bertz CT molecular complexity index is 471. The van der Waals surface area contributed by atoms with Crippen LogP contribution < -0.4 is 0 Å². The summed E-state index contributed by atoms with van der Waals surface area (Å²) in [6.45, 7) is 1.88. The standard InChI is InChI=1S/C10H14N4O/c1-7-9(6-14(3)12-7)10(15)8-4-11-13(2)5-8/h4-6,10,15H,1-3H3. The van der Waals surface area contributed by atoms with Gasteiger partial charge in [-0.25, -0.2) is 0 Å². The molecule has 80 valence electrons. The molecule has 1 unspecified atom stereocenters. The van der Waals surface area contributed by atoms with E-state index in [1.807, 2.05) is 27.2 Å². The second kappa shape index (κ2) is 3.51. The molecule has 0 bridgehead atoms. The molecular weight excluding hydrogens is 192 g/mol. The monoisotopic (exact) mass is 206 g/mol. The average Bonchev–Trinajstić information content (AvgIpc) is 2.71. The molecule has 2 heterocycles. The molecule has 0 saturated heterocycles. The zero-order chi connectivity index (χ0) is 11.0. The summed E-state index contributed by atoms with van der Waals surface area (Å²) in [5.74, 6) is 0. The Kier molecular flexibility index (Phi) is 2.32. The maximum absolute atomic E-state index is 10.1. The van der Waals surface area contributed by atoms with E-state index in [1.165, 1.54) is 0 Å². The lowest BCUT2D eigenvalue weighted by Gasteiger charge is -2.05. The molecule has 0 aliphatic carbocycles. The minimum Gasteiger partial charge on any atom is -0.383 e. The van der Waals surface area contributed by atoms with E-state index in [1.54, 1.807) is 21.8 Å². The van der Waals surface area contributed by atoms with Gasteiger partial charge in [-0.2, -0.15) is 10.2 Å². The molecule has 0 saturated carbocycles. The normalized spacial score (nSPS) is 13.1. The van der Waals surface area contributed by atoms with E-state index in [-0.39, 0.29) is 0 Å². The van der Waals surface area contributed by atoms with E-state index in [2.05, 4.69) is 10.2 Å². The maximum Gasteiger partial charge on any atom is 0.110 e. The van der Waals surface area contributed by atoms with Crippen LogP contribution in [-0.2, 0) is 14.1 Å². The van der Waals surface area contributed by atoms with E-state index < -0.39 is 6.10 Å². The van der Waals surface area contributed by atoms with Crippen molar-refractivity contribution in [3.8, 4) is 0 Å². The third-order valence-electron chi connectivity index (χ3n) is 2.39. The zero-order valence-corrected chi connectivity index (χ0v) is 9.05. The summed E-state index contributed by atoms with van der Waals surface area (Å²) in [6.07, 6.45) is 4.65. The lowest BCUT2D eigenvalue weighted by molar-refractivity contribution is 0.219. The fraction of sp³-hybridized carbons (Fsp3) is 0.400. The average molecular weight is 206 g/mol.